The molecule has 0 aliphatic carbocycles. The van der Waals surface area contributed by atoms with E-state index in [-0.39, 0.29) is 0 Å². The van der Waals surface area contributed by atoms with E-state index in [1.54, 1.807) is 0 Å². The molecule has 1 fully saturated rings. The average Bonchev–Trinajstić information content (AvgIpc) is 2.49. The Labute approximate surface area is 107 Å². The van der Waals surface area contributed by atoms with Gasteiger partial charge < -0.3 is 10.2 Å². The molecule has 4 heteroatoms. The summed E-state index contributed by atoms with van der Waals surface area (Å²) in [7, 11) is 0. The second-order valence-electron chi connectivity index (χ2n) is 4.40. The first-order chi connectivity index (χ1) is 8.95. The van der Waals surface area contributed by atoms with Crippen molar-refractivity contribution >= 4 is 5.69 Å². The molecule has 18 heavy (non-hydrogen) atoms. The summed E-state index contributed by atoms with van der Waals surface area (Å²) in [5, 5.41) is 3.46. The van der Waals surface area contributed by atoms with Crippen molar-refractivity contribution in [2.75, 3.05) is 24.5 Å². The van der Waals surface area contributed by atoms with Crippen LogP contribution >= 0.6 is 0 Å². The molecule has 3 rings (SSSR count). The topological polar surface area (TPSA) is 41.0 Å². The minimum Gasteiger partial charge on any atom is -0.362 e. The first kappa shape index (κ1) is 11.2. The molecule has 0 radical (unpaired) electrons. The number of nitrogens with one attached hydrogen (secondary N) is 1. The van der Waals surface area contributed by atoms with Crippen LogP contribution in [-0.2, 0) is 0 Å². The van der Waals surface area contributed by atoms with Crippen LogP contribution in [0.2, 0.25) is 0 Å². The van der Waals surface area contributed by atoms with Gasteiger partial charge in [-0.3, -0.25) is 9.97 Å². The molecular weight excluding hydrogens is 224 g/mol. The van der Waals surface area contributed by atoms with Crippen LogP contribution in [0.5, 0.6) is 0 Å². The zero-order valence-corrected chi connectivity index (χ0v) is 10.2. The minimum absolute atomic E-state index is 0.365. The van der Waals surface area contributed by atoms with E-state index in [1.165, 1.54) is 11.3 Å². The first-order valence-electron chi connectivity index (χ1n) is 6.22. The summed E-state index contributed by atoms with van der Waals surface area (Å²) in [5.41, 5.74) is 2.53. The van der Waals surface area contributed by atoms with Crippen molar-refractivity contribution in [1.82, 2.24) is 15.3 Å². The Morgan fingerprint density at radius 3 is 2.39 bits per heavy atom. The minimum atomic E-state index is 0.365. The molecule has 1 unspecified atom stereocenters. The van der Waals surface area contributed by atoms with Crippen molar-refractivity contribution in [3.8, 4) is 0 Å². The van der Waals surface area contributed by atoms with Crippen LogP contribution in [0.25, 0.3) is 0 Å². The molecule has 1 N–H and O–H groups in total. The van der Waals surface area contributed by atoms with Crippen LogP contribution in [-0.4, -0.2) is 29.6 Å². The van der Waals surface area contributed by atoms with E-state index in [2.05, 4.69) is 44.5 Å². The van der Waals surface area contributed by atoms with Crippen molar-refractivity contribution in [3.63, 3.8) is 0 Å². The monoisotopic (exact) mass is 240 g/mol. The van der Waals surface area contributed by atoms with Crippen molar-refractivity contribution in [2.24, 2.45) is 0 Å². The lowest BCUT2D eigenvalue weighted by atomic mass is 10.0. The summed E-state index contributed by atoms with van der Waals surface area (Å²) in [6.45, 7) is 2.99. The Hall–Kier alpha value is -1.94. The van der Waals surface area contributed by atoms with E-state index >= 15 is 0 Å². The van der Waals surface area contributed by atoms with E-state index in [9.17, 15) is 0 Å². The molecule has 3 heterocycles. The van der Waals surface area contributed by atoms with Gasteiger partial charge in [-0.25, -0.2) is 0 Å². The number of pyridine rings is 2. The standard InChI is InChI=1S/C14H16N4/c1-5-15-6-2-12(1)14-11-17-9-10-18(14)13-3-7-16-8-4-13/h1-8,14,17H,9-11H2. The molecule has 2 aromatic rings. The van der Waals surface area contributed by atoms with E-state index in [1.807, 2.05) is 24.8 Å². The smallest absolute Gasteiger partial charge is 0.0668 e. The van der Waals surface area contributed by atoms with Gasteiger partial charge in [-0.05, 0) is 29.8 Å². The lowest BCUT2D eigenvalue weighted by molar-refractivity contribution is 0.489. The highest BCUT2D eigenvalue weighted by Crippen LogP contribution is 2.27. The Kier molecular flexibility index (Phi) is 3.19. The predicted octanol–water partition coefficient (Wildman–Crippen LogP) is 1.63. The highest BCUT2D eigenvalue weighted by Gasteiger charge is 2.23. The van der Waals surface area contributed by atoms with Gasteiger partial charge in [-0.2, -0.15) is 0 Å². The van der Waals surface area contributed by atoms with Gasteiger partial charge in [0.2, 0.25) is 0 Å². The number of nitrogens with zero attached hydrogens (tertiary/aromatic N) is 3. The maximum Gasteiger partial charge on any atom is 0.0668 e. The lowest BCUT2D eigenvalue weighted by Gasteiger charge is -2.38. The van der Waals surface area contributed by atoms with E-state index in [4.69, 9.17) is 0 Å². The predicted molar refractivity (Wildman–Crippen MR) is 71.4 cm³/mol. The highest BCUT2D eigenvalue weighted by atomic mass is 15.2. The second-order valence-corrected chi connectivity index (χ2v) is 4.40. The molecule has 2 aromatic heterocycles. The second kappa shape index (κ2) is 5.14. The molecule has 1 aliphatic rings. The maximum absolute atomic E-state index is 4.09. The molecule has 0 spiro atoms. The third-order valence-corrected chi connectivity index (χ3v) is 3.33. The molecule has 4 nitrogen and oxygen atoms in total. The molecule has 0 aromatic carbocycles. The van der Waals surface area contributed by atoms with Crippen LogP contribution in [0.4, 0.5) is 5.69 Å². The third kappa shape index (κ3) is 2.19. The van der Waals surface area contributed by atoms with Gasteiger partial charge in [0, 0.05) is 50.1 Å². The van der Waals surface area contributed by atoms with Crippen LogP contribution in [0.3, 0.4) is 0 Å². The van der Waals surface area contributed by atoms with Gasteiger partial charge in [0.25, 0.3) is 0 Å². The molecule has 0 bridgehead atoms. The normalized spacial score (nSPS) is 19.8. The zero-order valence-electron chi connectivity index (χ0n) is 10.2. The van der Waals surface area contributed by atoms with Gasteiger partial charge in [-0.1, -0.05) is 0 Å². The molecule has 1 aliphatic heterocycles. The number of aromatic nitrogens is 2. The van der Waals surface area contributed by atoms with Crippen LogP contribution in [0, 0.1) is 0 Å². The lowest BCUT2D eigenvalue weighted by Crippen LogP contribution is -2.46. The van der Waals surface area contributed by atoms with Gasteiger partial charge in [0.15, 0.2) is 0 Å². The Bertz CT molecular complexity index is 438. The summed E-state index contributed by atoms with van der Waals surface area (Å²) in [6, 6.07) is 8.68. The first-order valence-corrected chi connectivity index (χ1v) is 6.22. The van der Waals surface area contributed by atoms with Crippen LogP contribution in [0.15, 0.2) is 49.1 Å². The van der Waals surface area contributed by atoms with Gasteiger partial charge in [0.05, 0.1) is 6.04 Å². The summed E-state index contributed by atoms with van der Waals surface area (Å²) in [5.74, 6) is 0. The number of hydrogen-bond donors (Lipinski definition) is 1. The van der Waals surface area contributed by atoms with Crippen molar-refractivity contribution in [1.29, 1.82) is 0 Å². The fraction of sp³-hybridized carbons (Fsp3) is 0.286. The number of piperazine rings is 1. The van der Waals surface area contributed by atoms with Crippen LogP contribution in [0.1, 0.15) is 11.6 Å². The highest BCUT2D eigenvalue weighted by molar-refractivity contribution is 5.48. The molecular formula is C14H16N4. The van der Waals surface area contributed by atoms with Crippen molar-refractivity contribution < 1.29 is 0 Å². The van der Waals surface area contributed by atoms with Gasteiger partial charge in [-0.15, -0.1) is 0 Å². The molecule has 92 valence electrons. The zero-order chi connectivity index (χ0) is 12.2. The molecule has 1 atom stereocenters. The Morgan fingerprint density at radius 1 is 1.00 bits per heavy atom. The largest absolute Gasteiger partial charge is 0.362 e. The number of hydrogen-bond acceptors (Lipinski definition) is 4. The third-order valence-electron chi connectivity index (χ3n) is 3.33. The van der Waals surface area contributed by atoms with Crippen molar-refractivity contribution in [2.45, 2.75) is 6.04 Å². The summed E-state index contributed by atoms with van der Waals surface area (Å²) in [4.78, 5) is 10.6. The molecule has 0 amide bonds. The van der Waals surface area contributed by atoms with E-state index in [0.29, 0.717) is 6.04 Å². The van der Waals surface area contributed by atoms with Crippen LogP contribution < -0.4 is 10.2 Å². The van der Waals surface area contributed by atoms with Gasteiger partial charge >= 0.3 is 0 Å². The average molecular weight is 240 g/mol. The fourth-order valence-corrected chi connectivity index (χ4v) is 2.43. The molecule has 0 saturated carbocycles. The quantitative estimate of drug-likeness (QED) is 0.866. The summed E-state index contributed by atoms with van der Waals surface area (Å²) in [6.07, 6.45) is 7.41. The van der Waals surface area contributed by atoms with Crippen molar-refractivity contribution in [3.05, 3.63) is 54.6 Å². The summed E-state index contributed by atoms with van der Waals surface area (Å²) < 4.78 is 0. The fourth-order valence-electron chi connectivity index (χ4n) is 2.43. The van der Waals surface area contributed by atoms with E-state index in [0.717, 1.165) is 19.6 Å². The van der Waals surface area contributed by atoms with E-state index < -0.39 is 0 Å². The maximum atomic E-state index is 4.09. The number of rotatable bonds is 2. The summed E-state index contributed by atoms with van der Waals surface area (Å²) >= 11 is 0. The molecule has 1 saturated heterocycles. The SMILES string of the molecule is c1cc(C2CNCCN2c2ccncc2)ccn1. The Morgan fingerprint density at radius 2 is 1.67 bits per heavy atom. The van der Waals surface area contributed by atoms with Gasteiger partial charge in [0.1, 0.15) is 0 Å². The number of anilines is 1. The Balaban J connectivity index is 1.92.